The van der Waals surface area contributed by atoms with Crippen molar-refractivity contribution in [3.05, 3.63) is 69.9 Å². The van der Waals surface area contributed by atoms with E-state index in [4.69, 9.17) is 21.1 Å². The Morgan fingerprint density at radius 3 is 2.29 bits per heavy atom. The highest BCUT2D eigenvalue weighted by molar-refractivity contribution is 6.36. The minimum Gasteiger partial charge on any atom is -0.481 e. The lowest BCUT2D eigenvalue weighted by Crippen LogP contribution is -2.47. The molecule has 0 spiro atoms. The molecule has 1 aromatic heterocycles. The molecule has 0 saturated carbocycles. The Hall–Kier alpha value is -2.87. The Morgan fingerprint density at radius 1 is 1.00 bits per heavy atom. The van der Waals surface area contributed by atoms with Gasteiger partial charge >= 0.3 is 5.97 Å². The first kappa shape index (κ1) is 23.9. The van der Waals surface area contributed by atoms with E-state index >= 15 is 0 Å². The van der Waals surface area contributed by atoms with E-state index in [1.807, 2.05) is 61.0 Å². The fraction of sp³-hybridized carbons (Fsp3) is 0.407. The first-order valence-corrected chi connectivity index (χ1v) is 12.2. The summed E-state index contributed by atoms with van der Waals surface area (Å²) < 4.78 is 13.0. The van der Waals surface area contributed by atoms with E-state index in [1.54, 1.807) is 0 Å². The van der Waals surface area contributed by atoms with Crippen LogP contribution in [0.3, 0.4) is 0 Å². The van der Waals surface area contributed by atoms with Crippen LogP contribution >= 0.6 is 11.6 Å². The number of halogens is 1. The molecule has 2 aliphatic rings. The number of aliphatic carboxylic acids is 1. The van der Waals surface area contributed by atoms with Crippen molar-refractivity contribution in [1.82, 2.24) is 9.88 Å². The van der Waals surface area contributed by atoms with Gasteiger partial charge in [-0.3, -0.25) is 9.59 Å². The Labute approximate surface area is 209 Å². The average Bonchev–Trinajstić information content (AvgIpc) is 3.47. The minimum absolute atomic E-state index is 0.210. The molecule has 8 heteroatoms. The molecular weight excluding hydrogens is 468 g/mol. The van der Waals surface area contributed by atoms with Crippen LogP contribution in [0.25, 0.3) is 10.9 Å². The van der Waals surface area contributed by atoms with Gasteiger partial charge in [-0.1, -0.05) is 41.9 Å². The Balaban J connectivity index is 1.46. The summed E-state index contributed by atoms with van der Waals surface area (Å²) in [5.41, 5.74) is 2.38. The summed E-state index contributed by atoms with van der Waals surface area (Å²) in [7, 11) is 1.86. The van der Waals surface area contributed by atoms with Crippen molar-refractivity contribution in [1.29, 1.82) is 0 Å². The van der Waals surface area contributed by atoms with Gasteiger partial charge in [0.2, 0.25) is 0 Å². The largest absolute Gasteiger partial charge is 0.481 e. The number of carbonyl (C=O) groups excluding carboxylic acids is 1. The van der Waals surface area contributed by atoms with Gasteiger partial charge in [0.05, 0.1) is 22.6 Å². The van der Waals surface area contributed by atoms with Gasteiger partial charge in [0.25, 0.3) is 5.91 Å². The van der Waals surface area contributed by atoms with E-state index < -0.39 is 16.9 Å². The number of aryl methyl sites for hydroxylation is 2. The first-order chi connectivity index (χ1) is 16.8. The van der Waals surface area contributed by atoms with Gasteiger partial charge < -0.3 is 24.5 Å². The molecule has 184 valence electrons. The van der Waals surface area contributed by atoms with Crippen molar-refractivity contribution in [2.75, 3.05) is 26.4 Å². The molecular formula is C27H29ClN2O5. The predicted molar refractivity (Wildman–Crippen MR) is 133 cm³/mol. The van der Waals surface area contributed by atoms with Gasteiger partial charge in [-0.05, 0) is 48.6 Å². The van der Waals surface area contributed by atoms with Crippen LogP contribution in [0.1, 0.15) is 46.4 Å². The molecule has 7 nitrogen and oxygen atoms in total. The molecule has 1 amide bonds. The number of benzene rings is 2. The number of carboxylic acids is 1. The van der Waals surface area contributed by atoms with Crippen LogP contribution in [-0.2, 0) is 32.3 Å². The summed E-state index contributed by atoms with van der Waals surface area (Å²) in [6, 6.07) is 13.3. The van der Waals surface area contributed by atoms with Gasteiger partial charge in [0.15, 0.2) is 0 Å². The lowest BCUT2D eigenvalue weighted by Gasteiger charge is -2.34. The van der Waals surface area contributed by atoms with Gasteiger partial charge in [-0.25, -0.2) is 0 Å². The summed E-state index contributed by atoms with van der Waals surface area (Å²) in [5.74, 6) is -1.04. The fourth-order valence-electron chi connectivity index (χ4n) is 5.40. The molecule has 3 aromatic rings. The van der Waals surface area contributed by atoms with Gasteiger partial charge in [-0.2, -0.15) is 0 Å². The molecule has 2 fully saturated rings. The van der Waals surface area contributed by atoms with Crippen molar-refractivity contribution in [3.63, 3.8) is 0 Å². The van der Waals surface area contributed by atoms with E-state index in [0.717, 1.165) is 27.6 Å². The predicted octanol–water partition coefficient (Wildman–Crippen LogP) is 4.32. The summed E-state index contributed by atoms with van der Waals surface area (Å²) in [6.07, 6.45) is 1.51. The maximum absolute atomic E-state index is 13.5. The second-order valence-corrected chi connectivity index (χ2v) is 10.0. The quantitative estimate of drug-likeness (QED) is 0.549. The van der Waals surface area contributed by atoms with Crippen LogP contribution in [-0.4, -0.2) is 48.0 Å². The van der Waals surface area contributed by atoms with Crippen molar-refractivity contribution in [2.45, 2.75) is 37.1 Å². The number of carboxylic acid groups (broad SMARTS) is 1. The van der Waals surface area contributed by atoms with Crippen LogP contribution in [0, 0.1) is 6.92 Å². The van der Waals surface area contributed by atoms with E-state index in [1.165, 1.54) is 0 Å². The zero-order valence-electron chi connectivity index (χ0n) is 19.9. The van der Waals surface area contributed by atoms with Crippen LogP contribution < -0.4 is 5.32 Å². The molecule has 2 N–H and O–H groups in total. The van der Waals surface area contributed by atoms with Gasteiger partial charge in [0.1, 0.15) is 5.69 Å². The summed E-state index contributed by atoms with van der Waals surface area (Å²) in [4.78, 5) is 25.7. The Kier molecular flexibility index (Phi) is 6.11. The Bertz CT molecular complexity index is 1290. The second-order valence-electron chi connectivity index (χ2n) is 9.63. The smallest absolute Gasteiger partial charge is 0.314 e. The third kappa shape index (κ3) is 3.92. The van der Waals surface area contributed by atoms with E-state index in [2.05, 4.69) is 5.32 Å². The standard InChI is InChI=1S/C27H29ClN2O5/c1-17-3-8-21-20(23(17)28)15-22(30(21)2)24(31)29-27(11-14-35-16-27)19-6-4-18(5-7-19)26(25(32)33)9-12-34-13-10-26/h3-8,15H,9-14,16H2,1-2H3,(H,29,31)(H,32,33). The fourth-order valence-corrected chi connectivity index (χ4v) is 5.62. The minimum atomic E-state index is -0.945. The third-order valence-electron chi connectivity index (χ3n) is 7.71. The van der Waals surface area contributed by atoms with Crippen molar-refractivity contribution >= 4 is 34.4 Å². The number of ether oxygens (including phenoxy) is 2. The Morgan fingerprint density at radius 2 is 1.66 bits per heavy atom. The monoisotopic (exact) mass is 496 g/mol. The molecule has 1 unspecified atom stereocenters. The number of nitrogens with zero attached hydrogens (tertiary/aromatic N) is 1. The lowest BCUT2D eigenvalue weighted by atomic mass is 9.73. The zero-order chi connectivity index (χ0) is 24.8. The topological polar surface area (TPSA) is 89.8 Å². The SMILES string of the molecule is Cc1ccc2c(cc(C(=O)NC3(c4ccc(C5(C(=O)O)CCOCC5)cc4)CCOC3)n2C)c1Cl. The number of aromatic nitrogens is 1. The number of amides is 1. The number of rotatable bonds is 5. The number of fused-ring (bicyclic) bond motifs is 1. The molecule has 35 heavy (non-hydrogen) atoms. The van der Waals surface area contributed by atoms with Crippen molar-refractivity contribution in [3.8, 4) is 0 Å². The highest BCUT2D eigenvalue weighted by atomic mass is 35.5. The maximum Gasteiger partial charge on any atom is 0.314 e. The van der Waals surface area contributed by atoms with Crippen LogP contribution in [0.4, 0.5) is 0 Å². The van der Waals surface area contributed by atoms with Gasteiger partial charge in [0, 0.05) is 44.2 Å². The van der Waals surface area contributed by atoms with Crippen LogP contribution in [0.15, 0.2) is 42.5 Å². The molecule has 0 aliphatic carbocycles. The third-order valence-corrected chi connectivity index (χ3v) is 8.21. The van der Waals surface area contributed by atoms with Crippen LogP contribution in [0.5, 0.6) is 0 Å². The molecule has 2 aliphatic heterocycles. The highest BCUT2D eigenvalue weighted by Crippen LogP contribution is 2.38. The van der Waals surface area contributed by atoms with Gasteiger partial charge in [-0.15, -0.1) is 0 Å². The summed E-state index contributed by atoms with van der Waals surface area (Å²) in [6.45, 7) is 3.67. The molecule has 2 saturated heterocycles. The summed E-state index contributed by atoms with van der Waals surface area (Å²) in [5, 5.41) is 14.7. The molecule has 3 heterocycles. The maximum atomic E-state index is 13.5. The second kappa shape index (κ2) is 8.97. The average molecular weight is 497 g/mol. The van der Waals surface area contributed by atoms with E-state index in [9.17, 15) is 14.7 Å². The van der Waals surface area contributed by atoms with E-state index in [0.29, 0.717) is 56.4 Å². The van der Waals surface area contributed by atoms with Crippen molar-refractivity contribution in [2.24, 2.45) is 7.05 Å². The number of hydrogen-bond donors (Lipinski definition) is 2. The molecule has 1 atom stereocenters. The van der Waals surface area contributed by atoms with Crippen LogP contribution in [0.2, 0.25) is 5.02 Å². The summed E-state index contributed by atoms with van der Waals surface area (Å²) >= 11 is 6.51. The number of nitrogens with one attached hydrogen (secondary N) is 1. The molecule has 5 rings (SSSR count). The zero-order valence-corrected chi connectivity index (χ0v) is 20.7. The van der Waals surface area contributed by atoms with E-state index in [-0.39, 0.29) is 5.91 Å². The number of hydrogen-bond acceptors (Lipinski definition) is 4. The molecule has 0 bridgehead atoms. The normalized spacial score (nSPS) is 21.8. The molecule has 0 radical (unpaired) electrons. The molecule has 2 aromatic carbocycles. The number of carbonyl (C=O) groups is 2. The van der Waals surface area contributed by atoms with Crippen molar-refractivity contribution < 1.29 is 24.2 Å². The highest BCUT2D eigenvalue weighted by Gasteiger charge is 2.43. The lowest BCUT2D eigenvalue weighted by molar-refractivity contribution is -0.147. The first-order valence-electron chi connectivity index (χ1n) is 11.8.